The van der Waals surface area contributed by atoms with E-state index in [1.54, 1.807) is 29.7 Å². The maximum atomic E-state index is 13.3. The number of alkyl halides is 3. The Kier molecular flexibility index (Phi) is 7.93. The summed E-state index contributed by atoms with van der Waals surface area (Å²) in [4.78, 5) is 28.2. The number of hydrogen-bond acceptors (Lipinski definition) is 5. The molecule has 0 aromatic heterocycles. The number of halogens is 3. The average molecular weight is 527 g/mol. The molecule has 196 valence electrons. The lowest BCUT2D eigenvalue weighted by Crippen LogP contribution is -2.54. The van der Waals surface area contributed by atoms with Gasteiger partial charge in [-0.2, -0.15) is 22.6 Å². The second-order valence-corrected chi connectivity index (χ2v) is 10.9. The summed E-state index contributed by atoms with van der Waals surface area (Å²) >= 11 is 0. The van der Waals surface area contributed by atoms with Crippen LogP contribution < -0.4 is 4.90 Å². The van der Waals surface area contributed by atoms with Crippen molar-refractivity contribution in [2.75, 3.05) is 4.90 Å². The fraction of sp³-hybridized carbons (Fsp3) is 0.400. The van der Waals surface area contributed by atoms with Crippen LogP contribution in [0.25, 0.3) is 0 Å². The summed E-state index contributed by atoms with van der Waals surface area (Å²) in [5.41, 5.74) is 1.28. The number of carbonyl (C=O) groups is 2. The molecule has 36 heavy (non-hydrogen) atoms. The van der Waals surface area contributed by atoms with Gasteiger partial charge >= 0.3 is 17.3 Å². The first-order valence-corrected chi connectivity index (χ1v) is 12.3. The van der Waals surface area contributed by atoms with Crippen molar-refractivity contribution in [2.45, 2.75) is 60.9 Å². The zero-order valence-electron chi connectivity index (χ0n) is 21.4. The first-order chi connectivity index (χ1) is 16.2. The van der Waals surface area contributed by atoms with Crippen LogP contribution in [0.15, 0.2) is 24.3 Å². The van der Waals surface area contributed by atoms with Crippen LogP contribution in [-0.4, -0.2) is 41.2 Å². The monoisotopic (exact) mass is 526 g/mol. The van der Waals surface area contributed by atoms with Gasteiger partial charge in [0.2, 0.25) is 0 Å². The van der Waals surface area contributed by atoms with Gasteiger partial charge in [-0.3, -0.25) is 0 Å². The molecule has 1 heterocycles. The van der Waals surface area contributed by atoms with E-state index in [4.69, 9.17) is 13.0 Å². The molecule has 3 rings (SSSR count). The van der Waals surface area contributed by atoms with Crippen LogP contribution in [0.2, 0.25) is 0 Å². The van der Waals surface area contributed by atoms with E-state index in [-0.39, 0.29) is 11.8 Å². The van der Waals surface area contributed by atoms with Crippen molar-refractivity contribution in [3.63, 3.8) is 0 Å². The van der Waals surface area contributed by atoms with Crippen LogP contribution in [0.3, 0.4) is 0 Å². The number of hydrogen-bond donors (Lipinski definition) is 0. The lowest BCUT2D eigenvalue weighted by Gasteiger charge is -2.30. The van der Waals surface area contributed by atoms with E-state index in [9.17, 15) is 22.8 Å². The topological polar surface area (TPSA) is 97.6 Å². The summed E-state index contributed by atoms with van der Waals surface area (Å²) in [5, 5.41) is 0. The van der Waals surface area contributed by atoms with Crippen LogP contribution in [0, 0.1) is 47.0 Å². The average Bonchev–Trinajstić information content (AvgIpc) is 2.67. The van der Waals surface area contributed by atoms with E-state index in [1.165, 1.54) is 0 Å². The molecule has 7 nitrogen and oxygen atoms in total. The number of benzene rings is 2. The fourth-order valence-corrected chi connectivity index (χ4v) is 4.34. The standard InChI is InChI=1S/C24H29N2O2.CHF3O3S/c1-14-9-16(3)20(17(4)10-14)25-13-26(23(28)24(7,8)22(25)27)21-18(5)11-15(2)12-19(21)6;2-1(3,4)8(5,6)7/h9-13H,1-8H3;(H,5,6,7)/q+1;/p-1. The quantitative estimate of drug-likeness (QED) is 0.241. The van der Waals surface area contributed by atoms with Gasteiger partial charge in [0.05, 0.1) is 0 Å². The van der Waals surface area contributed by atoms with Gasteiger partial charge in [-0.05, 0) is 77.6 Å². The van der Waals surface area contributed by atoms with Gasteiger partial charge in [-0.15, -0.1) is 0 Å². The summed E-state index contributed by atoms with van der Waals surface area (Å²) in [6, 6.07) is 8.28. The molecule has 0 bridgehead atoms. The third-order valence-electron chi connectivity index (χ3n) is 5.77. The number of aryl methyl sites for hydroxylation is 6. The van der Waals surface area contributed by atoms with Crippen molar-refractivity contribution in [1.82, 2.24) is 0 Å². The van der Waals surface area contributed by atoms with Gasteiger partial charge in [0.1, 0.15) is 11.4 Å². The van der Waals surface area contributed by atoms with E-state index in [0.29, 0.717) is 0 Å². The number of amides is 2. The highest BCUT2D eigenvalue weighted by Crippen LogP contribution is 2.36. The van der Waals surface area contributed by atoms with E-state index in [2.05, 4.69) is 24.3 Å². The van der Waals surface area contributed by atoms with Gasteiger partial charge in [-0.25, -0.2) is 18.0 Å². The minimum absolute atomic E-state index is 0.203. The molecule has 0 aliphatic carbocycles. The maximum Gasteiger partial charge on any atom is 0.485 e. The molecule has 0 fully saturated rings. The Labute approximate surface area is 209 Å². The number of nitrogens with zero attached hydrogens (tertiary/aromatic N) is 2. The minimum atomic E-state index is -6.09. The van der Waals surface area contributed by atoms with Crippen molar-refractivity contribution in [3.8, 4) is 0 Å². The molecule has 1 aliphatic heterocycles. The van der Waals surface area contributed by atoms with Crippen molar-refractivity contribution < 1.29 is 40.3 Å². The molecule has 0 unspecified atom stereocenters. The first kappa shape index (κ1) is 29.2. The molecule has 0 saturated heterocycles. The highest BCUT2D eigenvalue weighted by molar-refractivity contribution is 7.86. The molecule has 0 spiro atoms. The normalized spacial score (nSPS) is 15.9. The summed E-state index contributed by atoms with van der Waals surface area (Å²) in [5.74, 6) is -0.405. The van der Waals surface area contributed by atoms with Gasteiger partial charge in [0, 0.05) is 0 Å². The summed E-state index contributed by atoms with van der Waals surface area (Å²) in [6.07, 6.45) is 1.67. The van der Waals surface area contributed by atoms with Gasteiger partial charge < -0.3 is 4.55 Å². The van der Waals surface area contributed by atoms with Crippen molar-refractivity contribution in [2.24, 2.45) is 5.41 Å². The number of carbonyl (C=O) groups excluding carboxylic acids is 2. The Morgan fingerprint density at radius 1 is 0.833 bits per heavy atom. The third kappa shape index (κ3) is 5.67. The van der Waals surface area contributed by atoms with E-state index >= 15 is 0 Å². The summed E-state index contributed by atoms with van der Waals surface area (Å²) < 4.78 is 60.6. The van der Waals surface area contributed by atoms with Crippen molar-refractivity contribution in [3.05, 3.63) is 57.6 Å². The third-order valence-corrected chi connectivity index (χ3v) is 6.34. The molecular weight excluding hydrogens is 497 g/mol. The first-order valence-electron chi connectivity index (χ1n) is 10.9. The zero-order valence-corrected chi connectivity index (χ0v) is 22.2. The van der Waals surface area contributed by atoms with Gasteiger partial charge in [-0.1, -0.05) is 35.4 Å². The van der Waals surface area contributed by atoms with E-state index < -0.39 is 21.0 Å². The second-order valence-electron chi connectivity index (χ2n) is 9.49. The van der Waals surface area contributed by atoms with Gasteiger partial charge in [0.15, 0.2) is 15.5 Å². The largest absolute Gasteiger partial charge is 0.741 e. The van der Waals surface area contributed by atoms with Gasteiger partial charge in [0.25, 0.3) is 6.34 Å². The SMILES string of the molecule is Cc1cc(C)c(N2C=[N+](c3c(C)cc(C)cc3C)C(=O)C(C)(C)C2=O)c(C)c1.O=S(=O)([O-])C(F)(F)F. The van der Waals surface area contributed by atoms with Crippen LogP contribution in [0.4, 0.5) is 24.5 Å². The molecule has 0 N–H and O–H groups in total. The molecule has 0 atom stereocenters. The maximum absolute atomic E-state index is 13.3. The molecule has 2 aromatic carbocycles. The Morgan fingerprint density at radius 3 is 1.56 bits per heavy atom. The molecule has 2 aromatic rings. The molecule has 2 amide bonds. The number of anilines is 1. The van der Waals surface area contributed by atoms with Crippen LogP contribution >= 0.6 is 0 Å². The smallest absolute Gasteiger partial charge is 0.485 e. The predicted octanol–water partition coefficient (Wildman–Crippen LogP) is 4.86. The van der Waals surface area contributed by atoms with Crippen LogP contribution in [0.1, 0.15) is 47.2 Å². The molecule has 1 aliphatic rings. The highest BCUT2D eigenvalue weighted by Gasteiger charge is 2.52. The summed E-state index contributed by atoms with van der Waals surface area (Å²) in [6.45, 7) is 15.5. The molecule has 0 radical (unpaired) electrons. The van der Waals surface area contributed by atoms with Crippen LogP contribution in [-0.2, 0) is 19.7 Å². The second kappa shape index (κ2) is 9.78. The molecule has 11 heteroatoms. The molecule has 0 saturated carbocycles. The van der Waals surface area contributed by atoms with Crippen molar-refractivity contribution >= 4 is 39.6 Å². The van der Waals surface area contributed by atoms with Crippen molar-refractivity contribution in [1.29, 1.82) is 0 Å². The lowest BCUT2D eigenvalue weighted by atomic mass is 9.87. The Bertz CT molecular complexity index is 1330. The lowest BCUT2D eigenvalue weighted by molar-refractivity contribution is -0.375. The zero-order chi connectivity index (χ0) is 28.0. The Hall–Kier alpha value is -3.05. The Balaban J connectivity index is 0.000000493. The minimum Gasteiger partial charge on any atom is -0.741 e. The highest BCUT2D eigenvalue weighted by atomic mass is 32.2. The van der Waals surface area contributed by atoms with E-state index in [1.807, 2.05) is 41.5 Å². The van der Waals surface area contributed by atoms with Crippen LogP contribution in [0.5, 0.6) is 0 Å². The molecular formula is C25H29F3N2O5S. The summed E-state index contributed by atoms with van der Waals surface area (Å²) in [7, 11) is -6.09. The number of rotatable bonds is 2. The predicted molar refractivity (Wildman–Crippen MR) is 129 cm³/mol. The van der Waals surface area contributed by atoms with E-state index in [0.717, 1.165) is 44.8 Å². The Morgan fingerprint density at radius 2 is 1.19 bits per heavy atom. The fourth-order valence-electron chi connectivity index (χ4n) is 4.34.